The quantitative estimate of drug-likeness (QED) is 0.652. The highest BCUT2D eigenvalue weighted by molar-refractivity contribution is 6.30. The fourth-order valence-corrected chi connectivity index (χ4v) is 5.95. The van der Waals surface area contributed by atoms with E-state index < -0.39 is 23.2 Å². The van der Waals surface area contributed by atoms with E-state index >= 15 is 0 Å². The molecule has 2 fully saturated rings. The summed E-state index contributed by atoms with van der Waals surface area (Å²) in [5, 5.41) is 12.3. The Hall–Kier alpha value is -2.02. The second-order valence-corrected chi connectivity index (χ2v) is 10.7. The van der Waals surface area contributed by atoms with Gasteiger partial charge < -0.3 is 10.0 Å². The minimum absolute atomic E-state index is 0.0336. The van der Waals surface area contributed by atoms with Gasteiger partial charge in [-0.2, -0.15) is 0 Å². The topological polar surface area (TPSA) is 43.8 Å². The Morgan fingerprint density at radius 2 is 1.65 bits per heavy atom. The molecule has 0 radical (unpaired) electrons. The summed E-state index contributed by atoms with van der Waals surface area (Å²) in [5.41, 5.74) is 0.101. The van der Waals surface area contributed by atoms with Crippen molar-refractivity contribution < 1.29 is 18.7 Å². The van der Waals surface area contributed by atoms with Crippen LogP contribution < -0.4 is 0 Å². The Morgan fingerprint density at radius 3 is 2.21 bits per heavy atom. The molecule has 0 spiro atoms. The second kappa shape index (κ2) is 9.56. The number of amides is 1. The summed E-state index contributed by atoms with van der Waals surface area (Å²) in [5.74, 6) is -2.45. The van der Waals surface area contributed by atoms with Crippen molar-refractivity contribution in [2.75, 3.05) is 26.2 Å². The summed E-state index contributed by atoms with van der Waals surface area (Å²) in [6.07, 6.45) is 0. The summed E-state index contributed by atoms with van der Waals surface area (Å²) in [6, 6.07) is 11.1. The molecule has 1 amide bonds. The number of carbonyl (C=O) groups is 1. The Bertz CT molecular complexity index is 1030. The molecule has 0 aromatic heterocycles. The van der Waals surface area contributed by atoms with E-state index in [0.717, 1.165) is 11.6 Å². The van der Waals surface area contributed by atoms with E-state index in [1.807, 2.05) is 30.9 Å². The zero-order valence-corrected chi connectivity index (χ0v) is 20.9. The van der Waals surface area contributed by atoms with Crippen molar-refractivity contribution in [3.8, 4) is 0 Å². The van der Waals surface area contributed by atoms with Crippen LogP contribution in [0.3, 0.4) is 0 Å². The van der Waals surface area contributed by atoms with Crippen LogP contribution in [0.4, 0.5) is 8.78 Å². The van der Waals surface area contributed by atoms with E-state index in [0.29, 0.717) is 36.8 Å². The third-order valence-electron chi connectivity index (χ3n) is 7.87. The molecule has 1 unspecified atom stereocenters. The molecule has 1 N–H and O–H groups in total. The first-order chi connectivity index (χ1) is 16.0. The van der Waals surface area contributed by atoms with Gasteiger partial charge in [-0.15, -0.1) is 0 Å². The van der Waals surface area contributed by atoms with Crippen LogP contribution in [0.1, 0.15) is 44.7 Å². The number of carbonyl (C=O) groups excluding carboxylic acids is 1. The molecule has 0 bridgehead atoms. The van der Waals surface area contributed by atoms with Gasteiger partial charge in [0.15, 0.2) is 0 Å². The molecule has 4 rings (SSSR count). The Labute approximate surface area is 205 Å². The molecular formula is C27H33ClF2N2O2. The van der Waals surface area contributed by atoms with Crippen LogP contribution >= 0.6 is 11.6 Å². The van der Waals surface area contributed by atoms with Crippen molar-refractivity contribution >= 4 is 17.5 Å². The predicted molar refractivity (Wildman–Crippen MR) is 130 cm³/mol. The number of hydrogen-bond acceptors (Lipinski definition) is 3. The lowest BCUT2D eigenvalue weighted by Crippen LogP contribution is -2.57. The predicted octanol–water partition coefficient (Wildman–Crippen LogP) is 5.04. The normalized spacial score (nSPS) is 30.2. The van der Waals surface area contributed by atoms with E-state index in [4.69, 9.17) is 11.6 Å². The number of benzene rings is 2. The highest BCUT2D eigenvalue weighted by Gasteiger charge is 2.49. The maximum atomic E-state index is 14.7. The van der Waals surface area contributed by atoms with Crippen molar-refractivity contribution in [2.45, 2.75) is 45.3 Å². The summed E-state index contributed by atoms with van der Waals surface area (Å²) in [7, 11) is 0. The van der Waals surface area contributed by atoms with E-state index in [1.54, 1.807) is 12.1 Å². The fraction of sp³-hybridized carbons (Fsp3) is 0.519. The first-order valence-electron chi connectivity index (χ1n) is 12.0. The van der Waals surface area contributed by atoms with Crippen LogP contribution in [0.15, 0.2) is 42.5 Å². The summed E-state index contributed by atoms with van der Waals surface area (Å²) in [4.78, 5) is 17.8. The lowest BCUT2D eigenvalue weighted by molar-refractivity contribution is -0.152. The first-order valence-corrected chi connectivity index (χ1v) is 12.4. The van der Waals surface area contributed by atoms with Crippen molar-refractivity contribution in [1.82, 2.24) is 9.80 Å². The standard InChI is InChI=1S/C27H33ClF2N2O2/c1-16(2)31-14-23(22-10-9-21(29)11-25(22)30)24(15-31)26(33)32-12-17(3)27(34,18(4)13-32)19-5-7-20(28)8-6-19/h5-11,16-18,23-24,34H,12-15H2,1-4H3/t17-,18+,23-,24+,27?/m0/s1. The smallest absolute Gasteiger partial charge is 0.227 e. The molecule has 0 saturated carbocycles. The Balaban J connectivity index is 1.59. The molecule has 0 aliphatic carbocycles. The zero-order valence-electron chi connectivity index (χ0n) is 20.1. The number of halogens is 3. The largest absolute Gasteiger partial charge is 0.384 e. The molecule has 2 aromatic carbocycles. The number of aliphatic hydroxyl groups is 1. The molecule has 184 valence electrons. The van der Waals surface area contributed by atoms with Gasteiger partial charge in [0.1, 0.15) is 11.6 Å². The zero-order chi connectivity index (χ0) is 24.8. The molecule has 2 aromatic rings. The Morgan fingerprint density at radius 1 is 1.03 bits per heavy atom. The van der Waals surface area contributed by atoms with Crippen LogP contribution in [0.25, 0.3) is 0 Å². The molecule has 2 aliphatic heterocycles. The average Bonchev–Trinajstić information content (AvgIpc) is 3.22. The maximum Gasteiger partial charge on any atom is 0.227 e. The van der Waals surface area contributed by atoms with E-state index in [1.165, 1.54) is 12.1 Å². The molecule has 34 heavy (non-hydrogen) atoms. The molecule has 2 saturated heterocycles. The highest BCUT2D eigenvalue weighted by Crippen LogP contribution is 2.43. The Kier molecular flexibility index (Phi) is 7.05. The van der Waals surface area contributed by atoms with Gasteiger partial charge in [-0.1, -0.05) is 43.6 Å². The van der Waals surface area contributed by atoms with Crippen molar-refractivity contribution in [2.24, 2.45) is 17.8 Å². The SMILES string of the molecule is CC(C)N1C[C@@H](C(=O)N2C[C@@H](C)C(O)(c3ccc(Cl)cc3)[C@@H](C)C2)[C@H](c2ccc(F)cc2F)C1. The molecule has 4 nitrogen and oxygen atoms in total. The molecule has 7 heteroatoms. The summed E-state index contributed by atoms with van der Waals surface area (Å²) in [6.45, 7) is 9.90. The molecule has 2 heterocycles. The van der Waals surface area contributed by atoms with Crippen LogP contribution in [-0.4, -0.2) is 53.0 Å². The third kappa shape index (κ3) is 4.48. The lowest BCUT2D eigenvalue weighted by Gasteiger charge is -2.48. The minimum atomic E-state index is -1.08. The lowest BCUT2D eigenvalue weighted by atomic mass is 9.70. The van der Waals surface area contributed by atoms with Gasteiger partial charge in [0.25, 0.3) is 0 Å². The van der Waals surface area contributed by atoms with Crippen LogP contribution in [-0.2, 0) is 10.4 Å². The van der Waals surface area contributed by atoms with Crippen molar-refractivity contribution in [3.05, 3.63) is 70.2 Å². The maximum absolute atomic E-state index is 14.7. The number of likely N-dealkylation sites (tertiary alicyclic amines) is 2. The van der Waals surface area contributed by atoms with Crippen LogP contribution in [0.2, 0.25) is 5.02 Å². The number of nitrogens with zero attached hydrogens (tertiary/aromatic N) is 2. The van der Waals surface area contributed by atoms with E-state index in [-0.39, 0.29) is 29.7 Å². The average molecular weight is 491 g/mol. The van der Waals surface area contributed by atoms with Gasteiger partial charge in [-0.25, -0.2) is 8.78 Å². The monoisotopic (exact) mass is 490 g/mol. The van der Waals surface area contributed by atoms with Crippen LogP contribution in [0, 0.1) is 29.4 Å². The molecule has 2 aliphatic rings. The fourth-order valence-electron chi connectivity index (χ4n) is 5.82. The van der Waals surface area contributed by atoms with Gasteiger partial charge in [0.2, 0.25) is 5.91 Å². The first kappa shape index (κ1) is 25.1. The van der Waals surface area contributed by atoms with Gasteiger partial charge in [0.05, 0.1) is 11.5 Å². The number of hydrogen-bond donors (Lipinski definition) is 1. The van der Waals surface area contributed by atoms with Gasteiger partial charge in [-0.05, 0) is 43.2 Å². The van der Waals surface area contributed by atoms with E-state index in [2.05, 4.69) is 18.7 Å². The minimum Gasteiger partial charge on any atom is -0.384 e. The van der Waals surface area contributed by atoms with Gasteiger partial charge in [-0.3, -0.25) is 9.69 Å². The summed E-state index contributed by atoms with van der Waals surface area (Å²) < 4.78 is 28.3. The van der Waals surface area contributed by atoms with Crippen molar-refractivity contribution in [1.29, 1.82) is 0 Å². The third-order valence-corrected chi connectivity index (χ3v) is 8.12. The van der Waals surface area contributed by atoms with Crippen molar-refractivity contribution in [3.63, 3.8) is 0 Å². The second-order valence-electron chi connectivity index (χ2n) is 10.3. The molecule has 5 atom stereocenters. The highest BCUT2D eigenvalue weighted by atomic mass is 35.5. The van der Waals surface area contributed by atoms with Gasteiger partial charge >= 0.3 is 0 Å². The number of rotatable bonds is 4. The summed E-state index contributed by atoms with van der Waals surface area (Å²) >= 11 is 6.04. The number of piperidine rings is 1. The van der Waals surface area contributed by atoms with Gasteiger partial charge in [0, 0.05) is 61.1 Å². The van der Waals surface area contributed by atoms with Crippen LogP contribution in [0.5, 0.6) is 0 Å². The van der Waals surface area contributed by atoms with E-state index in [9.17, 15) is 18.7 Å². The molecular weight excluding hydrogens is 458 g/mol.